The van der Waals surface area contributed by atoms with Crippen molar-refractivity contribution in [1.82, 2.24) is 5.32 Å². The minimum atomic E-state index is -3.85. The number of aryl methyl sites for hydroxylation is 1. The summed E-state index contributed by atoms with van der Waals surface area (Å²) in [4.78, 5) is 25.6. The van der Waals surface area contributed by atoms with Gasteiger partial charge in [-0.3, -0.25) is 14.3 Å². The third kappa shape index (κ3) is 6.36. The second kappa shape index (κ2) is 11.2. The van der Waals surface area contributed by atoms with Gasteiger partial charge in [-0.1, -0.05) is 54.8 Å². The lowest BCUT2D eigenvalue weighted by Gasteiger charge is -2.13. The fourth-order valence-corrected chi connectivity index (χ4v) is 4.40. The molecule has 0 unspecified atom stereocenters. The van der Waals surface area contributed by atoms with Gasteiger partial charge in [0, 0.05) is 12.2 Å². The van der Waals surface area contributed by atoms with Crippen LogP contribution in [-0.4, -0.2) is 26.8 Å². The first kappa shape index (κ1) is 25.3. The molecule has 0 saturated carbocycles. The van der Waals surface area contributed by atoms with Crippen LogP contribution in [0.25, 0.3) is 0 Å². The normalized spacial score (nSPS) is 11.0. The van der Waals surface area contributed by atoms with Crippen LogP contribution in [0.3, 0.4) is 0 Å². The molecular formula is C25H26ClN3O4S. The van der Waals surface area contributed by atoms with Crippen molar-refractivity contribution < 1.29 is 18.0 Å². The third-order valence-electron chi connectivity index (χ3n) is 5.03. The maximum atomic E-state index is 13.0. The summed E-state index contributed by atoms with van der Waals surface area (Å²) in [6, 6.07) is 17.3. The molecule has 0 fully saturated rings. The van der Waals surface area contributed by atoms with Crippen LogP contribution in [0.4, 0.5) is 11.4 Å². The molecule has 2 amide bonds. The summed E-state index contributed by atoms with van der Waals surface area (Å²) in [6.45, 7) is 4.42. The largest absolute Gasteiger partial charge is 0.352 e. The second-order valence-corrected chi connectivity index (χ2v) is 9.81. The Hall–Kier alpha value is -3.36. The van der Waals surface area contributed by atoms with Crippen molar-refractivity contribution in [2.45, 2.75) is 31.6 Å². The van der Waals surface area contributed by atoms with E-state index in [4.69, 9.17) is 11.6 Å². The number of benzene rings is 3. The number of hydrogen-bond acceptors (Lipinski definition) is 4. The van der Waals surface area contributed by atoms with Gasteiger partial charge >= 0.3 is 0 Å². The average molecular weight is 500 g/mol. The van der Waals surface area contributed by atoms with Crippen molar-refractivity contribution in [3.05, 3.63) is 88.4 Å². The molecule has 0 aliphatic heterocycles. The fraction of sp³-hybridized carbons (Fsp3) is 0.200. The minimum absolute atomic E-state index is 0.0620. The van der Waals surface area contributed by atoms with Gasteiger partial charge in [-0.15, -0.1) is 0 Å². The van der Waals surface area contributed by atoms with Crippen LogP contribution >= 0.6 is 11.6 Å². The van der Waals surface area contributed by atoms with Gasteiger partial charge in [0.1, 0.15) is 0 Å². The third-order valence-corrected chi connectivity index (χ3v) is 6.76. The lowest BCUT2D eigenvalue weighted by atomic mass is 10.1. The molecule has 0 spiro atoms. The topological polar surface area (TPSA) is 104 Å². The number of anilines is 2. The number of rotatable bonds is 9. The molecule has 7 nitrogen and oxygen atoms in total. The summed E-state index contributed by atoms with van der Waals surface area (Å²) >= 11 is 6.23. The predicted molar refractivity (Wildman–Crippen MR) is 135 cm³/mol. The minimum Gasteiger partial charge on any atom is -0.352 e. The molecule has 0 atom stereocenters. The quantitative estimate of drug-likeness (QED) is 0.350. The summed E-state index contributed by atoms with van der Waals surface area (Å²) in [7, 11) is -3.85. The van der Waals surface area contributed by atoms with Gasteiger partial charge in [0.05, 0.1) is 26.7 Å². The van der Waals surface area contributed by atoms with Gasteiger partial charge in [0.2, 0.25) is 0 Å². The Morgan fingerprint density at radius 1 is 0.912 bits per heavy atom. The Labute approximate surface area is 204 Å². The second-order valence-electron chi connectivity index (χ2n) is 7.72. The van der Waals surface area contributed by atoms with E-state index in [-0.39, 0.29) is 27.1 Å². The van der Waals surface area contributed by atoms with Crippen molar-refractivity contribution in [3.63, 3.8) is 0 Å². The van der Waals surface area contributed by atoms with Crippen molar-refractivity contribution in [2.75, 3.05) is 16.6 Å². The van der Waals surface area contributed by atoms with Gasteiger partial charge in [-0.2, -0.15) is 0 Å². The first-order chi connectivity index (χ1) is 16.2. The number of carbonyl (C=O) groups excluding carboxylic acids is 2. The zero-order valence-electron chi connectivity index (χ0n) is 18.9. The molecule has 0 saturated heterocycles. The van der Waals surface area contributed by atoms with Crippen molar-refractivity contribution in [1.29, 1.82) is 0 Å². The number of nitrogens with one attached hydrogen (secondary N) is 3. The molecule has 0 aliphatic rings. The zero-order valence-corrected chi connectivity index (χ0v) is 20.5. The Bertz CT molecular complexity index is 1290. The molecule has 0 aliphatic carbocycles. The molecule has 178 valence electrons. The number of para-hydroxylation sites is 1. The van der Waals surface area contributed by atoms with E-state index in [1.807, 2.05) is 13.8 Å². The number of hydrogen-bond donors (Lipinski definition) is 3. The van der Waals surface area contributed by atoms with E-state index in [1.54, 1.807) is 36.4 Å². The van der Waals surface area contributed by atoms with Gasteiger partial charge in [-0.05, 0) is 55.8 Å². The van der Waals surface area contributed by atoms with E-state index in [2.05, 4.69) is 15.4 Å². The molecular weight excluding hydrogens is 474 g/mol. The summed E-state index contributed by atoms with van der Waals surface area (Å²) < 4.78 is 27.9. The van der Waals surface area contributed by atoms with Crippen LogP contribution in [0.5, 0.6) is 0 Å². The molecule has 0 heterocycles. The van der Waals surface area contributed by atoms with Crippen LogP contribution in [0, 0.1) is 6.92 Å². The summed E-state index contributed by atoms with van der Waals surface area (Å²) in [5.74, 6) is -0.870. The Morgan fingerprint density at radius 3 is 2.32 bits per heavy atom. The smallest absolute Gasteiger partial charge is 0.261 e. The molecule has 3 N–H and O–H groups in total. The molecule has 0 radical (unpaired) electrons. The van der Waals surface area contributed by atoms with E-state index in [9.17, 15) is 18.0 Å². The lowest BCUT2D eigenvalue weighted by molar-refractivity contribution is 0.0954. The molecule has 9 heteroatoms. The highest BCUT2D eigenvalue weighted by atomic mass is 35.5. The number of sulfonamides is 1. The standard InChI is InChI=1S/C25H26ClN3O4S/c1-3-4-15-27-24(30)20-7-5-6-8-23(20)28-25(31)21-16-18(11-14-22(21)26)29-34(32,33)19-12-9-17(2)10-13-19/h5-14,16,29H,3-4,15H2,1-2H3,(H,27,30)(H,28,31). The fourth-order valence-electron chi connectivity index (χ4n) is 3.15. The Kier molecular flexibility index (Phi) is 8.31. The molecule has 0 aromatic heterocycles. The van der Waals surface area contributed by atoms with E-state index >= 15 is 0 Å². The molecule has 34 heavy (non-hydrogen) atoms. The van der Waals surface area contributed by atoms with Crippen molar-refractivity contribution >= 4 is 44.8 Å². The predicted octanol–water partition coefficient (Wildman–Crippen LogP) is 5.23. The molecule has 3 aromatic rings. The van der Waals surface area contributed by atoms with E-state index in [1.165, 1.54) is 30.3 Å². The van der Waals surface area contributed by atoms with Gasteiger partial charge < -0.3 is 10.6 Å². The van der Waals surface area contributed by atoms with Crippen LogP contribution in [0.1, 0.15) is 46.0 Å². The van der Waals surface area contributed by atoms with E-state index in [0.717, 1.165) is 18.4 Å². The highest BCUT2D eigenvalue weighted by Crippen LogP contribution is 2.25. The monoisotopic (exact) mass is 499 g/mol. The van der Waals surface area contributed by atoms with Crippen LogP contribution in [-0.2, 0) is 10.0 Å². The Balaban J connectivity index is 1.81. The van der Waals surface area contributed by atoms with Gasteiger partial charge in [-0.25, -0.2) is 8.42 Å². The number of halogens is 1. The maximum absolute atomic E-state index is 13.0. The van der Waals surface area contributed by atoms with Crippen LogP contribution < -0.4 is 15.4 Å². The number of amides is 2. The first-order valence-electron chi connectivity index (χ1n) is 10.8. The SMILES string of the molecule is CCCCNC(=O)c1ccccc1NC(=O)c1cc(NS(=O)(=O)c2ccc(C)cc2)ccc1Cl. The number of carbonyl (C=O) groups is 2. The summed E-state index contributed by atoms with van der Waals surface area (Å²) in [5.41, 5.74) is 1.82. The molecule has 0 bridgehead atoms. The molecule has 3 rings (SSSR count). The first-order valence-corrected chi connectivity index (χ1v) is 12.6. The highest BCUT2D eigenvalue weighted by molar-refractivity contribution is 7.92. The number of unbranched alkanes of at least 4 members (excludes halogenated alkanes) is 1. The maximum Gasteiger partial charge on any atom is 0.261 e. The van der Waals surface area contributed by atoms with E-state index < -0.39 is 15.9 Å². The van der Waals surface area contributed by atoms with Crippen LogP contribution in [0.2, 0.25) is 5.02 Å². The lowest BCUT2D eigenvalue weighted by Crippen LogP contribution is -2.26. The van der Waals surface area contributed by atoms with Crippen molar-refractivity contribution in [2.24, 2.45) is 0 Å². The zero-order chi connectivity index (χ0) is 24.7. The molecule has 3 aromatic carbocycles. The summed E-state index contributed by atoms with van der Waals surface area (Å²) in [6.07, 6.45) is 1.79. The summed E-state index contributed by atoms with van der Waals surface area (Å²) in [5, 5.41) is 5.67. The average Bonchev–Trinajstić information content (AvgIpc) is 2.81. The van der Waals surface area contributed by atoms with Crippen LogP contribution in [0.15, 0.2) is 71.6 Å². The van der Waals surface area contributed by atoms with Gasteiger partial charge in [0.25, 0.3) is 21.8 Å². The Morgan fingerprint density at radius 2 is 1.62 bits per heavy atom. The van der Waals surface area contributed by atoms with E-state index in [0.29, 0.717) is 17.8 Å². The highest BCUT2D eigenvalue weighted by Gasteiger charge is 2.19. The van der Waals surface area contributed by atoms with Gasteiger partial charge in [0.15, 0.2) is 0 Å². The van der Waals surface area contributed by atoms with Crippen molar-refractivity contribution in [3.8, 4) is 0 Å².